The second-order valence-corrected chi connectivity index (χ2v) is 4.44. The van der Waals surface area contributed by atoms with Crippen LogP contribution in [0.4, 0.5) is 0 Å². The number of rotatable bonds is 4. The molecule has 0 atom stereocenters. The van der Waals surface area contributed by atoms with Crippen LogP contribution in [0.2, 0.25) is 0 Å². The van der Waals surface area contributed by atoms with E-state index in [1.54, 1.807) is 0 Å². The molecule has 1 aromatic heterocycles. The zero-order valence-electron chi connectivity index (χ0n) is 9.53. The zero-order valence-corrected chi connectivity index (χ0v) is 9.53. The Morgan fingerprint density at radius 2 is 2.31 bits per heavy atom. The average molecular weight is 223 g/mol. The molecule has 0 aliphatic rings. The minimum atomic E-state index is -0.318. The van der Waals surface area contributed by atoms with Crippen molar-refractivity contribution in [3.8, 4) is 5.75 Å². The van der Waals surface area contributed by atoms with Gasteiger partial charge in [-0.05, 0) is 18.0 Å². The number of nitrogens with zero attached hydrogens (tertiary/aromatic N) is 1. The van der Waals surface area contributed by atoms with E-state index in [-0.39, 0.29) is 22.6 Å². The minimum absolute atomic E-state index is 0.120. The lowest BCUT2D eigenvalue weighted by Gasteiger charge is -2.22. The highest BCUT2D eigenvalue weighted by molar-refractivity contribution is 5.96. The van der Waals surface area contributed by atoms with Crippen LogP contribution in [0.5, 0.6) is 5.75 Å². The normalized spacial score (nSPS) is 11.2. The molecule has 1 rings (SSSR count). The number of hydrogen-bond acceptors (Lipinski definition) is 4. The summed E-state index contributed by atoms with van der Waals surface area (Å²) in [4.78, 5) is 15.4. The quantitative estimate of drug-likeness (QED) is 0.693. The molecular formula is C11H17N3O2. The Balaban J connectivity index is 2.64. The first-order valence-corrected chi connectivity index (χ1v) is 5.07. The van der Waals surface area contributed by atoms with E-state index in [1.807, 2.05) is 13.8 Å². The van der Waals surface area contributed by atoms with Gasteiger partial charge in [0.2, 0.25) is 0 Å². The molecule has 88 valence electrons. The maximum atomic E-state index is 11.7. The van der Waals surface area contributed by atoms with Gasteiger partial charge in [-0.15, -0.1) is 0 Å². The zero-order chi connectivity index (χ0) is 12.2. The van der Waals surface area contributed by atoms with Gasteiger partial charge in [0, 0.05) is 12.7 Å². The number of amides is 1. The summed E-state index contributed by atoms with van der Waals surface area (Å²) in [5.74, 6) is -0.438. The van der Waals surface area contributed by atoms with Crippen LogP contribution in [0.1, 0.15) is 24.2 Å². The van der Waals surface area contributed by atoms with Gasteiger partial charge in [0.1, 0.15) is 5.75 Å². The number of nitrogens with two attached hydrogens (primary N) is 1. The lowest BCUT2D eigenvalue weighted by molar-refractivity contribution is 0.0935. The van der Waals surface area contributed by atoms with Gasteiger partial charge >= 0.3 is 0 Å². The van der Waals surface area contributed by atoms with Crippen LogP contribution in [-0.4, -0.2) is 29.1 Å². The van der Waals surface area contributed by atoms with Gasteiger partial charge in [-0.2, -0.15) is 0 Å². The number of carbonyl (C=O) groups excluding carboxylic acids is 1. The third kappa shape index (κ3) is 3.20. The summed E-state index contributed by atoms with van der Waals surface area (Å²) in [5.41, 5.74) is 5.62. The summed E-state index contributed by atoms with van der Waals surface area (Å²) >= 11 is 0. The van der Waals surface area contributed by atoms with Crippen molar-refractivity contribution in [3.05, 3.63) is 24.0 Å². The molecule has 5 heteroatoms. The van der Waals surface area contributed by atoms with Gasteiger partial charge in [0.25, 0.3) is 5.91 Å². The number of nitrogens with one attached hydrogen (secondary N) is 1. The van der Waals surface area contributed by atoms with Gasteiger partial charge in [-0.1, -0.05) is 13.8 Å². The van der Waals surface area contributed by atoms with E-state index in [4.69, 9.17) is 5.73 Å². The van der Waals surface area contributed by atoms with Gasteiger partial charge in [0.15, 0.2) is 0 Å². The van der Waals surface area contributed by atoms with Gasteiger partial charge in [-0.3, -0.25) is 9.78 Å². The Morgan fingerprint density at radius 1 is 1.62 bits per heavy atom. The Labute approximate surface area is 94.7 Å². The van der Waals surface area contributed by atoms with Crippen molar-refractivity contribution < 1.29 is 9.90 Å². The van der Waals surface area contributed by atoms with Crippen LogP contribution in [0.15, 0.2) is 18.5 Å². The van der Waals surface area contributed by atoms with E-state index in [9.17, 15) is 9.90 Å². The molecule has 0 aliphatic heterocycles. The van der Waals surface area contributed by atoms with Crippen molar-refractivity contribution in [1.29, 1.82) is 0 Å². The Morgan fingerprint density at radius 3 is 2.88 bits per heavy atom. The lowest BCUT2D eigenvalue weighted by atomic mass is 9.94. The van der Waals surface area contributed by atoms with Crippen molar-refractivity contribution in [2.24, 2.45) is 11.1 Å². The predicted octanol–water partition coefficient (Wildman–Crippen LogP) is 0.502. The Kier molecular flexibility index (Phi) is 3.84. The molecule has 0 fully saturated rings. The van der Waals surface area contributed by atoms with Crippen LogP contribution in [0, 0.1) is 5.41 Å². The maximum Gasteiger partial charge on any atom is 0.255 e. The minimum Gasteiger partial charge on any atom is -0.505 e. The molecular weight excluding hydrogens is 206 g/mol. The highest BCUT2D eigenvalue weighted by Gasteiger charge is 2.18. The van der Waals surface area contributed by atoms with E-state index in [2.05, 4.69) is 10.3 Å². The first-order chi connectivity index (χ1) is 7.46. The van der Waals surface area contributed by atoms with Crippen LogP contribution in [-0.2, 0) is 0 Å². The Bertz CT molecular complexity index is 377. The molecule has 0 aliphatic carbocycles. The van der Waals surface area contributed by atoms with E-state index in [0.717, 1.165) is 0 Å². The van der Waals surface area contributed by atoms with E-state index in [1.165, 1.54) is 18.5 Å². The largest absolute Gasteiger partial charge is 0.505 e. The third-order valence-electron chi connectivity index (χ3n) is 2.32. The molecule has 0 bridgehead atoms. The summed E-state index contributed by atoms with van der Waals surface area (Å²) in [6.45, 7) is 4.86. The standard InChI is InChI=1S/C11H17N3O2/c1-11(2,6-12)7-14-10(16)8-3-4-13-5-9(8)15/h3-5,15H,6-7,12H2,1-2H3,(H,14,16). The van der Waals surface area contributed by atoms with E-state index < -0.39 is 0 Å². The number of hydrogen-bond donors (Lipinski definition) is 3. The maximum absolute atomic E-state index is 11.7. The highest BCUT2D eigenvalue weighted by Crippen LogP contribution is 2.15. The van der Waals surface area contributed by atoms with Gasteiger partial charge in [0.05, 0.1) is 11.8 Å². The number of carbonyl (C=O) groups is 1. The molecule has 1 aromatic rings. The van der Waals surface area contributed by atoms with E-state index >= 15 is 0 Å². The summed E-state index contributed by atoms with van der Waals surface area (Å²) in [6, 6.07) is 1.47. The number of aromatic hydroxyl groups is 1. The molecule has 0 saturated carbocycles. The fourth-order valence-electron chi connectivity index (χ4n) is 1.07. The molecule has 5 nitrogen and oxygen atoms in total. The molecule has 16 heavy (non-hydrogen) atoms. The predicted molar refractivity (Wildman–Crippen MR) is 61.1 cm³/mol. The topological polar surface area (TPSA) is 88.2 Å². The third-order valence-corrected chi connectivity index (χ3v) is 2.32. The molecule has 1 heterocycles. The summed E-state index contributed by atoms with van der Waals surface area (Å²) < 4.78 is 0. The smallest absolute Gasteiger partial charge is 0.255 e. The first kappa shape index (κ1) is 12.4. The summed E-state index contributed by atoms with van der Waals surface area (Å²) in [7, 11) is 0. The lowest BCUT2D eigenvalue weighted by Crippen LogP contribution is -2.38. The van der Waals surface area contributed by atoms with E-state index in [0.29, 0.717) is 13.1 Å². The van der Waals surface area contributed by atoms with Crippen molar-refractivity contribution >= 4 is 5.91 Å². The van der Waals surface area contributed by atoms with Crippen molar-refractivity contribution in [2.75, 3.05) is 13.1 Å². The number of aromatic nitrogens is 1. The fraction of sp³-hybridized carbons (Fsp3) is 0.455. The molecule has 1 amide bonds. The molecule has 0 aromatic carbocycles. The fourth-order valence-corrected chi connectivity index (χ4v) is 1.07. The summed E-state index contributed by atoms with van der Waals surface area (Å²) in [6.07, 6.45) is 2.70. The van der Waals surface area contributed by atoms with Crippen molar-refractivity contribution in [2.45, 2.75) is 13.8 Å². The van der Waals surface area contributed by atoms with Crippen molar-refractivity contribution in [1.82, 2.24) is 10.3 Å². The van der Waals surface area contributed by atoms with Crippen LogP contribution in [0.25, 0.3) is 0 Å². The van der Waals surface area contributed by atoms with Crippen LogP contribution >= 0.6 is 0 Å². The molecule has 0 spiro atoms. The second kappa shape index (κ2) is 4.94. The van der Waals surface area contributed by atoms with Crippen LogP contribution in [0.3, 0.4) is 0 Å². The van der Waals surface area contributed by atoms with Crippen LogP contribution < -0.4 is 11.1 Å². The van der Waals surface area contributed by atoms with Gasteiger partial charge in [-0.25, -0.2) is 0 Å². The van der Waals surface area contributed by atoms with Gasteiger partial charge < -0.3 is 16.2 Å². The second-order valence-electron chi connectivity index (χ2n) is 4.44. The highest BCUT2D eigenvalue weighted by atomic mass is 16.3. The number of pyridine rings is 1. The molecule has 0 saturated heterocycles. The monoisotopic (exact) mass is 223 g/mol. The molecule has 0 unspecified atom stereocenters. The Hall–Kier alpha value is -1.62. The molecule has 0 radical (unpaired) electrons. The van der Waals surface area contributed by atoms with Crippen molar-refractivity contribution in [3.63, 3.8) is 0 Å². The average Bonchev–Trinajstić information content (AvgIpc) is 2.27. The SMILES string of the molecule is CC(C)(CN)CNC(=O)c1ccncc1O. The first-order valence-electron chi connectivity index (χ1n) is 5.07. The molecule has 4 N–H and O–H groups in total. The summed E-state index contributed by atoms with van der Waals surface area (Å²) in [5, 5.41) is 12.1.